The summed E-state index contributed by atoms with van der Waals surface area (Å²) in [4.78, 5) is 11.8. The van der Waals surface area contributed by atoms with Gasteiger partial charge in [-0.05, 0) is 24.6 Å². The van der Waals surface area contributed by atoms with Gasteiger partial charge in [-0.2, -0.15) is 0 Å². The minimum atomic E-state index is -0.636. The summed E-state index contributed by atoms with van der Waals surface area (Å²) >= 11 is 0. The highest BCUT2D eigenvalue weighted by Crippen LogP contribution is 2.08. The van der Waals surface area contributed by atoms with Crippen molar-refractivity contribution < 1.29 is 14.6 Å². The average Bonchev–Trinajstić information content (AvgIpc) is 2.55. The third kappa shape index (κ3) is 5.22. The number of aliphatic hydroxyl groups excluding tert-OH is 1. The van der Waals surface area contributed by atoms with E-state index in [9.17, 15) is 9.90 Å². The van der Waals surface area contributed by atoms with E-state index in [2.05, 4.69) is 5.32 Å². The molecule has 0 aliphatic heterocycles. The van der Waals surface area contributed by atoms with Crippen LogP contribution in [0, 0.1) is 0 Å². The summed E-state index contributed by atoms with van der Waals surface area (Å²) in [7, 11) is 0. The zero-order valence-electron chi connectivity index (χ0n) is 12.6. The quantitative estimate of drug-likeness (QED) is 0.824. The molecule has 2 rings (SSSR count). The van der Waals surface area contributed by atoms with E-state index in [-0.39, 0.29) is 18.6 Å². The molecule has 4 nitrogen and oxygen atoms in total. The van der Waals surface area contributed by atoms with Crippen LogP contribution in [-0.2, 0) is 11.2 Å². The molecule has 2 unspecified atom stereocenters. The molecule has 0 aromatic heterocycles. The lowest BCUT2D eigenvalue weighted by Crippen LogP contribution is -2.44. The molecule has 2 N–H and O–H groups in total. The monoisotopic (exact) mass is 299 g/mol. The maximum atomic E-state index is 11.8. The second-order valence-electron chi connectivity index (χ2n) is 5.21. The van der Waals surface area contributed by atoms with Crippen LogP contribution in [0.3, 0.4) is 0 Å². The number of rotatable bonds is 7. The molecule has 4 heteroatoms. The number of ether oxygens (including phenoxy) is 1. The summed E-state index contributed by atoms with van der Waals surface area (Å²) in [6, 6.07) is 18.5. The van der Waals surface area contributed by atoms with Crippen LogP contribution in [0.15, 0.2) is 60.7 Å². The highest BCUT2D eigenvalue weighted by Gasteiger charge is 2.17. The largest absolute Gasteiger partial charge is 0.484 e. The lowest BCUT2D eigenvalue weighted by Gasteiger charge is -2.20. The molecule has 0 fully saturated rings. The Balaban J connectivity index is 1.75. The van der Waals surface area contributed by atoms with E-state index in [1.54, 1.807) is 19.1 Å². The number of hydrogen-bond donors (Lipinski definition) is 2. The number of nitrogens with one attached hydrogen (secondary N) is 1. The van der Waals surface area contributed by atoms with E-state index in [0.29, 0.717) is 12.2 Å². The third-order valence-electron chi connectivity index (χ3n) is 3.37. The molecule has 116 valence electrons. The maximum absolute atomic E-state index is 11.8. The summed E-state index contributed by atoms with van der Waals surface area (Å²) in [6.45, 7) is 1.72. The Hall–Kier alpha value is -2.33. The molecule has 0 heterocycles. The van der Waals surface area contributed by atoms with E-state index >= 15 is 0 Å². The molecule has 0 saturated carbocycles. The van der Waals surface area contributed by atoms with Gasteiger partial charge in [-0.3, -0.25) is 4.79 Å². The first kappa shape index (κ1) is 16.0. The van der Waals surface area contributed by atoms with Gasteiger partial charge in [0.25, 0.3) is 5.91 Å². The summed E-state index contributed by atoms with van der Waals surface area (Å²) in [5.41, 5.74) is 1.04. The van der Waals surface area contributed by atoms with Crippen molar-refractivity contribution in [2.75, 3.05) is 6.61 Å². The molecule has 0 aliphatic rings. The Morgan fingerprint density at radius 1 is 1.09 bits per heavy atom. The van der Waals surface area contributed by atoms with Crippen molar-refractivity contribution in [1.29, 1.82) is 0 Å². The smallest absolute Gasteiger partial charge is 0.258 e. The first-order valence-corrected chi connectivity index (χ1v) is 7.34. The van der Waals surface area contributed by atoms with Crippen LogP contribution in [0.5, 0.6) is 5.75 Å². The summed E-state index contributed by atoms with van der Waals surface area (Å²) in [5, 5.41) is 12.9. The Bertz CT molecular complexity index is 571. The fourth-order valence-electron chi connectivity index (χ4n) is 2.09. The molecule has 2 aromatic rings. The predicted octanol–water partition coefficient (Wildman–Crippen LogP) is 2.17. The fraction of sp³-hybridized carbons (Fsp3) is 0.278. The molecule has 0 radical (unpaired) electrons. The zero-order valence-corrected chi connectivity index (χ0v) is 12.6. The summed E-state index contributed by atoms with van der Waals surface area (Å²) in [5.74, 6) is 0.401. The highest BCUT2D eigenvalue weighted by molar-refractivity contribution is 5.77. The number of benzene rings is 2. The standard InChI is InChI=1S/C18H21NO3/c1-14(17(20)12-15-8-4-2-5-9-15)19-18(21)13-22-16-10-6-3-7-11-16/h2-11,14,17,20H,12-13H2,1H3,(H,19,21). The topological polar surface area (TPSA) is 58.6 Å². The molecule has 0 saturated heterocycles. The van der Waals surface area contributed by atoms with E-state index < -0.39 is 6.10 Å². The Morgan fingerprint density at radius 3 is 2.32 bits per heavy atom. The van der Waals surface area contributed by atoms with Gasteiger partial charge in [0.05, 0.1) is 12.1 Å². The maximum Gasteiger partial charge on any atom is 0.258 e. The number of hydrogen-bond acceptors (Lipinski definition) is 3. The van der Waals surface area contributed by atoms with Crippen LogP contribution < -0.4 is 10.1 Å². The van der Waals surface area contributed by atoms with Crippen molar-refractivity contribution in [2.45, 2.75) is 25.5 Å². The van der Waals surface area contributed by atoms with Gasteiger partial charge in [-0.25, -0.2) is 0 Å². The second-order valence-corrected chi connectivity index (χ2v) is 5.21. The SMILES string of the molecule is CC(NC(=O)COc1ccccc1)C(O)Cc1ccccc1. The number of carbonyl (C=O) groups is 1. The average molecular weight is 299 g/mol. The molecule has 0 aliphatic carbocycles. The Kier molecular flexibility index (Phi) is 5.98. The number of para-hydroxylation sites is 1. The third-order valence-corrected chi connectivity index (χ3v) is 3.37. The lowest BCUT2D eigenvalue weighted by molar-refractivity contribution is -0.124. The molecule has 0 spiro atoms. The highest BCUT2D eigenvalue weighted by atomic mass is 16.5. The van der Waals surface area contributed by atoms with Crippen molar-refractivity contribution in [1.82, 2.24) is 5.32 Å². The number of carbonyl (C=O) groups excluding carboxylic acids is 1. The summed E-state index contributed by atoms with van der Waals surface area (Å²) in [6.07, 6.45) is -0.134. The van der Waals surface area contributed by atoms with Crippen LogP contribution in [0.4, 0.5) is 0 Å². The van der Waals surface area contributed by atoms with Gasteiger partial charge in [0.1, 0.15) is 5.75 Å². The van der Waals surface area contributed by atoms with Crippen LogP contribution >= 0.6 is 0 Å². The van der Waals surface area contributed by atoms with Gasteiger partial charge in [0.15, 0.2) is 6.61 Å². The normalized spacial score (nSPS) is 13.2. The molecule has 22 heavy (non-hydrogen) atoms. The van der Waals surface area contributed by atoms with Crippen LogP contribution in [-0.4, -0.2) is 29.8 Å². The molecule has 1 amide bonds. The van der Waals surface area contributed by atoms with E-state index in [1.807, 2.05) is 48.5 Å². The summed E-state index contributed by atoms with van der Waals surface area (Å²) < 4.78 is 5.37. The zero-order chi connectivity index (χ0) is 15.8. The van der Waals surface area contributed by atoms with E-state index in [4.69, 9.17) is 4.74 Å². The molecule has 2 aromatic carbocycles. The van der Waals surface area contributed by atoms with Gasteiger partial charge in [0, 0.05) is 6.42 Å². The molecular formula is C18H21NO3. The second kappa shape index (κ2) is 8.20. The van der Waals surface area contributed by atoms with Gasteiger partial charge in [-0.1, -0.05) is 48.5 Å². The van der Waals surface area contributed by atoms with Crippen molar-refractivity contribution in [3.63, 3.8) is 0 Å². The molecule has 2 atom stereocenters. The predicted molar refractivity (Wildman–Crippen MR) is 85.7 cm³/mol. The van der Waals surface area contributed by atoms with Gasteiger partial charge in [-0.15, -0.1) is 0 Å². The van der Waals surface area contributed by atoms with Crippen molar-refractivity contribution in [3.05, 3.63) is 66.2 Å². The minimum absolute atomic E-state index is 0.0631. The number of amides is 1. The first-order valence-electron chi connectivity index (χ1n) is 7.34. The van der Waals surface area contributed by atoms with E-state index in [0.717, 1.165) is 5.56 Å². The van der Waals surface area contributed by atoms with Crippen LogP contribution in [0.25, 0.3) is 0 Å². The molecular weight excluding hydrogens is 278 g/mol. The Morgan fingerprint density at radius 2 is 1.68 bits per heavy atom. The molecule has 0 bridgehead atoms. The van der Waals surface area contributed by atoms with Crippen molar-refractivity contribution in [3.8, 4) is 5.75 Å². The van der Waals surface area contributed by atoms with Crippen LogP contribution in [0.1, 0.15) is 12.5 Å². The van der Waals surface area contributed by atoms with Gasteiger partial charge in [0.2, 0.25) is 0 Å². The van der Waals surface area contributed by atoms with Crippen molar-refractivity contribution in [2.24, 2.45) is 0 Å². The van der Waals surface area contributed by atoms with Gasteiger partial charge >= 0.3 is 0 Å². The minimum Gasteiger partial charge on any atom is -0.484 e. The van der Waals surface area contributed by atoms with Crippen molar-refractivity contribution >= 4 is 5.91 Å². The first-order chi connectivity index (χ1) is 10.6. The van der Waals surface area contributed by atoms with Crippen LogP contribution in [0.2, 0.25) is 0 Å². The van der Waals surface area contributed by atoms with Gasteiger partial charge < -0.3 is 15.2 Å². The Labute approximate surface area is 130 Å². The number of aliphatic hydroxyl groups is 1. The van der Waals surface area contributed by atoms with E-state index in [1.165, 1.54) is 0 Å². The fourth-order valence-corrected chi connectivity index (χ4v) is 2.09. The lowest BCUT2D eigenvalue weighted by atomic mass is 10.0.